The number of nitrogens with zero attached hydrogens (tertiary/aromatic N) is 1. The summed E-state index contributed by atoms with van der Waals surface area (Å²) in [5.41, 5.74) is 0.324. The summed E-state index contributed by atoms with van der Waals surface area (Å²) in [5, 5.41) is 0.310. The van der Waals surface area contributed by atoms with Crippen LogP contribution in [-0.4, -0.2) is 11.2 Å². The molecule has 0 aliphatic rings. The summed E-state index contributed by atoms with van der Waals surface area (Å²) >= 11 is 5.52. The lowest BCUT2D eigenvalue weighted by Gasteiger charge is -1.97. The zero-order chi connectivity index (χ0) is 9.90. The van der Waals surface area contributed by atoms with Crippen LogP contribution in [0, 0.1) is 0 Å². The summed E-state index contributed by atoms with van der Waals surface area (Å²) < 4.78 is 35.1. The molecule has 0 fully saturated rings. The van der Waals surface area contributed by atoms with Crippen LogP contribution in [0.3, 0.4) is 0 Å². The first-order valence-corrected chi connectivity index (χ1v) is 3.72. The van der Waals surface area contributed by atoms with Crippen molar-refractivity contribution in [1.82, 2.24) is 4.98 Å². The molecule has 0 amide bonds. The third-order valence-corrected chi connectivity index (χ3v) is 1.40. The summed E-state index contributed by atoms with van der Waals surface area (Å²) in [7, 11) is 0. The summed E-state index contributed by atoms with van der Waals surface area (Å²) in [4.78, 5) is 3.63. The van der Waals surface area contributed by atoms with Crippen LogP contribution in [0.2, 0.25) is 5.02 Å². The van der Waals surface area contributed by atoms with E-state index in [-0.39, 0.29) is 6.08 Å². The predicted molar refractivity (Wildman–Crippen MR) is 44.3 cm³/mol. The van der Waals surface area contributed by atoms with Crippen molar-refractivity contribution in [2.45, 2.75) is 6.18 Å². The van der Waals surface area contributed by atoms with E-state index in [4.69, 9.17) is 11.6 Å². The van der Waals surface area contributed by atoms with Crippen LogP contribution in [0.25, 0.3) is 6.08 Å². The van der Waals surface area contributed by atoms with Gasteiger partial charge in [-0.2, -0.15) is 13.2 Å². The Bertz CT molecular complexity index is 319. The fourth-order valence-corrected chi connectivity index (χ4v) is 0.892. The van der Waals surface area contributed by atoms with E-state index < -0.39 is 6.18 Å². The molecule has 0 aliphatic heterocycles. The molecule has 1 rings (SSSR count). The van der Waals surface area contributed by atoms with E-state index in [2.05, 4.69) is 4.98 Å². The number of hydrogen-bond donors (Lipinski definition) is 0. The first kappa shape index (κ1) is 10.1. The summed E-state index contributed by atoms with van der Waals surface area (Å²) in [5.74, 6) is 0. The molecule has 1 heterocycles. The maximum absolute atomic E-state index is 11.7. The fourth-order valence-electron chi connectivity index (χ4n) is 0.710. The van der Waals surface area contributed by atoms with Crippen LogP contribution in [0.1, 0.15) is 5.56 Å². The summed E-state index contributed by atoms with van der Waals surface area (Å²) in [6, 6.07) is 1.40. The van der Waals surface area contributed by atoms with E-state index in [1.165, 1.54) is 18.5 Å². The molecule has 1 nitrogen and oxygen atoms in total. The second-order valence-corrected chi connectivity index (χ2v) is 2.75. The largest absolute Gasteiger partial charge is 0.409 e. The van der Waals surface area contributed by atoms with Gasteiger partial charge in [-0.1, -0.05) is 11.6 Å². The standard InChI is InChI=1S/C8H5ClF3N/c9-7-3-6(4-13-5-7)1-2-8(10,11)12/h1-5H. The minimum Gasteiger partial charge on any atom is -0.263 e. The molecule has 0 radical (unpaired) electrons. The summed E-state index contributed by atoms with van der Waals surface area (Å²) in [6.45, 7) is 0. The maximum Gasteiger partial charge on any atom is 0.409 e. The van der Waals surface area contributed by atoms with Crippen LogP contribution in [-0.2, 0) is 0 Å². The van der Waals surface area contributed by atoms with E-state index in [1.807, 2.05) is 0 Å². The van der Waals surface area contributed by atoms with Crippen molar-refractivity contribution < 1.29 is 13.2 Å². The Labute approximate surface area is 77.9 Å². The average molecular weight is 208 g/mol. The van der Waals surface area contributed by atoms with E-state index in [0.29, 0.717) is 10.6 Å². The highest BCUT2D eigenvalue weighted by atomic mass is 35.5. The van der Waals surface area contributed by atoms with Crippen molar-refractivity contribution >= 4 is 17.7 Å². The highest BCUT2D eigenvalue weighted by Crippen LogP contribution is 2.18. The van der Waals surface area contributed by atoms with Crippen molar-refractivity contribution in [3.05, 3.63) is 35.1 Å². The topological polar surface area (TPSA) is 12.9 Å². The molecule has 5 heteroatoms. The smallest absolute Gasteiger partial charge is 0.263 e. The van der Waals surface area contributed by atoms with Crippen LogP contribution in [0.5, 0.6) is 0 Å². The van der Waals surface area contributed by atoms with Gasteiger partial charge in [0.25, 0.3) is 0 Å². The minimum absolute atomic E-state index is 0.139. The van der Waals surface area contributed by atoms with Crippen LogP contribution in [0.15, 0.2) is 24.5 Å². The molecule has 0 bridgehead atoms. The Morgan fingerprint density at radius 2 is 2.00 bits per heavy atom. The second-order valence-electron chi connectivity index (χ2n) is 2.31. The Balaban J connectivity index is 2.80. The number of alkyl halides is 3. The Hall–Kier alpha value is -1.03. The Kier molecular flexibility index (Phi) is 2.93. The quantitative estimate of drug-likeness (QED) is 0.689. The average Bonchev–Trinajstić information content (AvgIpc) is 2.00. The van der Waals surface area contributed by atoms with Crippen molar-refractivity contribution in [2.75, 3.05) is 0 Å². The lowest BCUT2D eigenvalue weighted by Crippen LogP contribution is -2.00. The highest BCUT2D eigenvalue weighted by Gasteiger charge is 2.21. The lowest BCUT2D eigenvalue weighted by atomic mass is 10.2. The zero-order valence-electron chi connectivity index (χ0n) is 6.35. The third-order valence-electron chi connectivity index (χ3n) is 1.19. The van der Waals surface area contributed by atoms with Gasteiger partial charge >= 0.3 is 6.18 Å². The number of rotatable bonds is 1. The van der Waals surface area contributed by atoms with Gasteiger partial charge in [-0.25, -0.2) is 0 Å². The van der Waals surface area contributed by atoms with Crippen molar-refractivity contribution in [3.63, 3.8) is 0 Å². The number of halogens is 4. The molecule has 0 aliphatic carbocycles. The normalized spacial score (nSPS) is 12.3. The van der Waals surface area contributed by atoms with Gasteiger partial charge in [0.15, 0.2) is 0 Å². The molecule has 1 aromatic heterocycles. The Morgan fingerprint density at radius 1 is 1.31 bits per heavy atom. The number of allylic oxidation sites excluding steroid dienone is 1. The molecule has 13 heavy (non-hydrogen) atoms. The SMILES string of the molecule is FC(F)(F)C=Cc1cncc(Cl)c1. The van der Waals surface area contributed by atoms with E-state index >= 15 is 0 Å². The predicted octanol–water partition coefficient (Wildman–Crippen LogP) is 3.31. The van der Waals surface area contributed by atoms with Gasteiger partial charge in [-0.15, -0.1) is 0 Å². The zero-order valence-corrected chi connectivity index (χ0v) is 7.10. The van der Waals surface area contributed by atoms with Crippen molar-refractivity contribution in [2.24, 2.45) is 0 Å². The molecule has 1 aromatic rings. The number of pyridine rings is 1. The third kappa shape index (κ3) is 3.94. The van der Waals surface area contributed by atoms with Crippen molar-refractivity contribution in [1.29, 1.82) is 0 Å². The van der Waals surface area contributed by atoms with Gasteiger partial charge in [0.05, 0.1) is 5.02 Å². The monoisotopic (exact) mass is 207 g/mol. The molecule has 70 valence electrons. The molecular formula is C8H5ClF3N. The molecule has 0 spiro atoms. The van der Waals surface area contributed by atoms with E-state index in [9.17, 15) is 13.2 Å². The molecule has 0 saturated carbocycles. The Morgan fingerprint density at radius 3 is 2.54 bits per heavy atom. The second kappa shape index (κ2) is 3.79. The molecule has 0 aromatic carbocycles. The van der Waals surface area contributed by atoms with Crippen molar-refractivity contribution in [3.8, 4) is 0 Å². The van der Waals surface area contributed by atoms with E-state index in [0.717, 1.165) is 6.08 Å². The van der Waals surface area contributed by atoms with Crippen LogP contribution in [0.4, 0.5) is 13.2 Å². The van der Waals surface area contributed by atoms with E-state index in [1.54, 1.807) is 0 Å². The molecule has 0 saturated heterocycles. The van der Waals surface area contributed by atoms with Crippen LogP contribution < -0.4 is 0 Å². The highest BCUT2D eigenvalue weighted by molar-refractivity contribution is 6.30. The van der Waals surface area contributed by atoms with Gasteiger partial charge in [0.2, 0.25) is 0 Å². The molecule has 0 N–H and O–H groups in total. The molecule has 0 atom stereocenters. The number of aromatic nitrogens is 1. The van der Waals surface area contributed by atoms with Gasteiger partial charge in [-0.05, 0) is 17.7 Å². The van der Waals surface area contributed by atoms with Crippen LogP contribution >= 0.6 is 11.6 Å². The summed E-state index contributed by atoms with van der Waals surface area (Å²) in [6.07, 6.45) is -0.595. The van der Waals surface area contributed by atoms with Gasteiger partial charge in [0.1, 0.15) is 0 Å². The van der Waals surface area contributed by atoms with Gasteiger partial charge < -0.3 is 0 Å². The van der Waals surface area contributed by atoms with Gasteiger partial charge in [0, 0.05) is 18.5 Å². The molecular weight excluding hydrogens is 203 g/mol. The fraction of sp³-hybridized carbons (Fsp3) is 0.125. The molecule has 0 unspecified atom stereocenters. The minimum atomic E-state index is -4.30. The maximum atomic E-state index is 11.7. The van der Waals surface area contributed by atoms with Gasteiger partial charge in [-0.3, -0.25) is 4.98 Å². The lowest BCUT2D eigenvalue weighted by molar-refractivity contribution is -0.0790. The first-order valence-electron chi connectivity index (χ1n) is 3.34. The first-order chi connectivity index (χ1) is 5.97. The number of hydrogen-bond acceptors (Lipinski definition) is 1.